The van der Waals surface area contributed by atoms with Crippen molar-refractivity contribution in [2.24, 2.45) is 11.8 Å². The standard InChI is InChI=1S/C15H21BrO3S/c1-11-3-4-15(19-2)13(7-11)8-14(9-16)12-5-6-20(17,18)10-12/h3-4,7,12,14H,5-6,8-10H2,1-2H3. The summed E-state index contributed by atoms with van der Waals surface area (Å²) in [6, 6.07) is 6.16. The van der Waals surface area contributed by atoms with E-state index in [2.05, 4.69) is 28.9 Å². The second kappa shape index (κ2) is 6.48. The SMILES string of the molecule is COc1ccc(C)cc1CC(CBr)C1CCS(=O)(=O)C1. The quantitative estimate of drug-likeness (QED) is 0.758. The first-order valence-electron chi connectivity index (χ1n) is 6.85. The van der Waals surface area contributed by atoms with Crippen molar-refractivity contribution in [3.63, 3.8) is 0 Å². The Balaban J connectivity index is 2.16. The summed E-state index contributed by atoms with van der Waals surface area (Å²) in [6.07, 6.45) is 1.64. The Bertz CT molecular complexity index is 568. The van der Waals surface area contributed by atoms with Crippen LogP contribution in [-0.4, -0.2) is 32.4 Å². The topological polar surface area (TPSA) is 43.4 Å². The summed E-state index contributed by atoms with van der Waals surface area (Å²) in [7, 11) is -1.14. The van der Waals surface area contributed by atoms with Crippen LogP contribution < -0.4 is 4.74 Å². The van der Waals surface area contributed by atoms with Crippen LogP contribution in [0.5, 0.6) is 5.75 Å². The molecule has 0 aromatic heterocycles. The van der Waals surface area contributed by atoms with Gasteiger partial charge in [-0.3, -0.25) is 0 Å². The monoisotopic (exact) mass is 360 g/mol. The second-order valence-corrected chi connectivity index (χ2v) is 8.47. The molecule has 20 heavy (non-hydrogen) atoms. The number of sulfone groups is 1. The number of rotatable bonds is 5. The third kappa shape index (κ3) is 3.76. The maximum Gasteiger partial charge on any atom is 0.150 e. The number of benzene rings is 1. The van der Waals surface area contributed by atoms with Crippen molar-refractivity contribution < 1.29 is 13.2 Å². The summed E-state index contributed by atoms with van der Waals surface area (Å²) in [4.78, 5) is 0. The molecule has 1 aliphatic heterocycles. The maximum atomic E-state index is 11.7. The molecule has 112 valence electrons. The van der Waals surface area contributed by atoms with E-state index in [1.165, 1.54) is 11.1 Å². The first-order valence-corrected chi connectivity index (χ1v) is 9.79. The molecular weight excluding hydrogens is 340 g/mol. The zero-order valence-corrected chi connectivity index (χ0v) is 14.3. The number of alkyl halides is 1. The zero-order chi connectivity index (χ0) is 14.8. The molecular formula is C15H21BrO3S. The van der Waals surface area contributed by atoms with Gasteiger partial charge in [0.2, 0.25) is 0 Å². The predicted octanol–water partition coefficient (Wildman–Crippen LogP) is 2.99. The number of ether oxygens (including phenoxy) is 1. The van der Waals surface area contributed by atoms with Gasteiger partial charge in [0.05, 0.1) is 18.6 Å². The van der Waals surface area contributed by atoms with E-state index in [0.717, 1.165) is 23.9 Å². The molecule has 0 aliphatic carbocycles. The third-order valence-electron chi connectivity index (χ3n) is 4.05. The molecule has 0 spiro atoms. The predicted molar refractivity (Wildman–Crippen MR) is 85.5 cm³/mol. The average Bonchev–Trinajstić information content (AvgIpc) is 2.76. The van der Waals surface area contributed by atoms with Crippen molar-refractivity contribution in [3.8, 4) is 5.75 Å². The van der Waals surface area contributed by atoms with Gasteiger partial charge in [0, 0.05) is 5.33 Å². The molecule has 1 fully saturated rings. The van der Waals surface area contributed by atoms with Gasteiger partial charge in [-0.15, -0.1) is 0 Å². The van der Waals surface area contributed by atoms with Gasteiger partial charge in [-0.05, 0) is 43.2 Å². The molecule has 1 aromatic carbocycles. The normalized spacial score (nSPS) is 22.6. The molecule has 1 saturated heterocycles. The van der Waals surface area contributed by atoms with Crippen molar-refractivity contribution >= 4 is 25.8 Å². The van der Waals surface area contributed by atoms with Crippen LogP contribution in [0.15, 0.2) is 18.2 Å². The number of aryl methyl sites for hydroxylation is 1. The van der Waals surface area contributed by atoms with Gasteiger partial charge in [-0.25, -0.2) is 8.42 Å². The highest BCUT2D eigenvalue weighted by atomic mass is 79.9. The smallest absolute Gasteiger partial charge is 0.150 e. The minimum Gasteiger partial charge on any atom is -0.496 e. The van der Waals surface area contributed by atoms with Gasteiger partial charge in [0.15, 0.2) is 9.84 Å². The molecule has 2 rings (SSSR count). The molecule has 2 unspecified atom stereocenters. The highest BCUT2D eigenvalue weighted by molar-refractivity contribution is 9.09. The number of hydrogen-bond acceptors (Lipinski definition) is 3. The molecule has 0 radical (unpaired) electrons. The Morgan fingerprint density at radius 2 is 2.20 bits per heavy atom. The minimum atomic E-state index is -2.82. The van der Waals surface area contributed by atoms with Gasteiger partial charge >= 0.3 is 0 Å². The van der Waals surface area contributed by atoms with E-state index in [4.69, 9.17) is 4.74 Å². The lowest BCUT2D eigenvalue weighted by atomic mass is 9.87. The number of halogens is 1. The molecule has 3 nitrogen and oxygen atoms in total. The first-order chi connectivity index (χ1) is 9.45. The van der Waals surface area contributed by atoms with Crippen LogP contribution in [0.3, 0.4) is 0 Å². The minimum absolute atomic E-state index is 0.254. The molecule has 2 atom stereocenters. The fourth-order valence-corrected chi connectivity index (χ4v) is 5.57. The van der Waals surface area contributed by atoms with Crippen molar-refractivity contribution in [1.29, 1.82) is 0 Å². The first kappa shape index (κ1) is 15.8. The summed E-state index contributed by atoms with van der Waals surface area (Å²) < 4.78 is 28.7. The molecule has 1 aliphatic rings. The van der Waals surface area contributed by atoms with Gasteiger partial charge < -0.3 is 4.74 Å². The molecule has 0 N–H and O–H groups in total. The van der Waals surface area contributed by atoms with Crippen molar-refractivity contribution in [3.05, 3.63) is 29.3 Å². The largest absolute Gasteiger partial charge is 0.496 e. The van der Waals surface area contributed by atoms with E-state index in [0.29, 0.717) is 17.4 Å². The molecule has 5 heteroatoms. The fourth-order valence-electron chi connectivity index (χ4n) is 2.89. The van der Waals surface area contributed by atoms with E-state index < -0.39 is 9.84 Å². The lowest BCUT2D eigenvalue weighted by molar-refractivity contribution is 0.380. The summed E-state index contributed by atoms with van der Waals surface area (Å²) >= 11 is 3.55. The summed E-state index contributed by atoms with van der Waals surface area (Å²) in [6.45, 7) is 2.06. The van der Waals surface area contributed by atoms with Crippen LogP contribution in [-0.2, 0) is 16.3 Å². The van der Waals surface area contributed by atoms with E-state index in [1.807, 2.05) is 12.1 Å². The Morgan fingerprint density at radius 1 is 1.45 bits per heavy atom. The van der Waals surface area contributed by atoms with Crippen LogP contribution in [0, 0.1) is 18.8 Å². The molecule has 0 bridgehead atoms. The van der Waals surface area contributed by atoms with Crippen LogP contribution in [0.2, 0.25) is 0 Å². The molecule has 1 heterocycles. The lowest BCUT2D eigenvalue weighted by Gasteiger charge is -2.21. The van der Waals surface area contributed by atoms with E-state index in [-0.39, 0.29) is 5.92 Å². The highest BCUT2D eigenvalue weighted by Crippen LogP contribution is 2.32. The van der Waals surface area contributed by atoms with Crippen LogP contribution in [0.1, 0.15) is 17.5 Å². The average molecular weight is 361 g/mol. The van der Waals surface area contributed by atoms with Crippen molar-refractivity contribution in [2.45, 2.75) is 19.8 Å². The molecule has 1 aromatic rings. The third-order valence-corrected chi connectivity index (χ3v) is 6.68. The van der Waals surface area contributed by atoms with Gasteiger partial charge in [-0.1, -0.05) is 33.6 Å². The Labute approximate surface area is 129 Å². The van der Waals surface area contributed by atoms with E-state index in [9.17, 15) is 8.42 Å². The summed E-state index contributed by atoms with van der Waals surface area (Å²) in [5, 5.41) is 0.824. The summed E-state index contributed by atoms with van der Waals surface area (Å²) in [5.74, 6) is 2.15. The zero-order valence-electron chi connectivity index (χ0n) is 11.9. The number of methoxy groups -OCH3 is 1. The molecule has 0 saturated carbocycles. The second-order valence-electron chi connectivity index (χ2n) is 5.60. The van der Waals surface area contributed by atoms with E-state index in [1.54, 1.807) is 7.11 Å². The Kier molecular flexibility index (Phi) is 5.13. The Morgan fingerprint density at radius 3 is 2.75 bits per heavy atom. The fraction of sp³-hybridized carbons (Fsp3) is 0.600. The van der Waals surface area contributed by atoms with Crippen molar-refractivity contribution in [1.82, 2.24) is 0 Å². The van der Waals surface area contributed by atoms with Crippen LogP contribution in [0.4, 0.5) is 0 Å². The maximum absolute atomic E-state index is 11.7. The Hall–Kier alpha value is -0.550. The van der Waals surface area contributed by atoms with Crippen molar-refractivity contribution in [2.75, 3.05) is 23.9 Å². The van der Waals surface area contributed by atoms with Crippen LogP contribution in [0.25, 0.3) is 0 Å². The summed E-state index contributed by atoms with van der Waals surface area (Å²) in [5.41, 5.74) is 2.37. The van der Waals surface area contributed by atoms with Gasteiger partial charge in [0.25, 0.3) is 0 Å². The van der Waals surface area contributed by atoms with Gasteiger partial charge in [0.1, 0.15) is 5.75 Å². The van der Waals surface area contributed by atoms with E-state index >= 15 is 0 Å². The number of hydrogen-bond donors (Lipinski definition) is 0. The van der Waals surface area contributed by atoms with Crippen LogP contribution >= 0.6 is 15.9 Å². The van der Waals surface area contributed by atoms with Gasteiger partial charge in [-0.2, -0.15) is 0 Å². The highest BCUT2D eigenvalue weighted by Gasteiger charge is 2.33. The molecule has 0 amide bonds. The lowest BCUT2D eigenvalue weighted by Crippen LogP contribution is -2.20.